The van der Waals surface area contributed by atoms with E-state index in [1.54, 1.807) is 12.1 Å². The third-order valence-corrected chi connectivity index (χ3v) is 3.86. The minimum Gasteiger partial charge on any atom is -0.506 e. The van der Waals surface area contributed by atoms with Crippen LogP contribution in [0.3, 0.4) is 0 Å². The van der Waals surface area contributed by atoms with E-state index >= 15 is 0 Å². The molecule has 20 heavy (non-hydrogen) atoms. The van der Waals surface area contributed by atoms with Crippen molar-refractivity contribution in [3.63, 3.8) is 0 Å². The molecule has 0 amide bonds. The predicted octanol–water partition coefficient (Wildman–Crippen LogP) is 4.68. The average molecular weight is 331 g/mol. The van der Waals surface area contributed by atoms with Gasteiger partial charge in [-0.3, -0.25) is 0 Å². The Bertz CT molecular complexity index is 602. The number of nitrogens with one attached hydrogen (secondary N) is 1. The Hall–Kier alpha value is -0.930. The number of aromatic hydroxyl groups is 1. The SMILES string of the molecule is Oc1c(Cl)cccc1CNCCc1ccc(Cl)cc1Cl. The molecule has 0 unspecified atom stereocenters. The van der Waals surface area contributed by atoms with E-state index in [1.807, 2.05) is 24.3 Å². The molecule has 0 radical (unpaired) electrons. The Morgan fingerprint density at radius 3 is 2.50 bits per heavy atom. The summed E-state index contributed by atoms with van der Waals surface area (Å²) < 4.78 is 0. The lowest BCUT2D eigenvalue weighted by atomic mass is 10.1. The highest BCUT2D eigenvalue weighted by molar-refractivity contribution is 6.35. The van der Waals surface area contributed by atoms with Crippen molar-refractivity contribution in [3.8, 4) is 5.75 Å². The van der Waals surface area contributed by atoms with Crippen LogP contribution >= 0.6 is 34.8 Å². The number of benzene rings is 2. The van der Waals surface area contributed by atoms with E-state index in [4.69, 9.17) is 34.8 Å². The van der Waals surface area contributed by atoms with Crippen LogP contribution < -0.4 is 5.32 Å². The van der Waals surface area contributed by atoms with Crippen LogP contribution in [0, 0.1) is 0 Å². The standard InChI is InChI=1S/C15H14Cl3NO/c16-12-5-4-10(14(18)8-12)6-7-19-9-11-2-1-3-13(17)15(11)20/h1-5,8,19-20H,6-7,9H2. The van der Waals surface area contributed by atoms with Crippen molar-refractivity contribution in [2.24, 2.45) is 0 Å². The van der Waals surface area contributed by atoms with Gasteiger partial charge in [-0.05, 0) is 36.7 Å². The van der Waals surface area contributed by atoms with Crippen molar-refractivity contribution in [1.82, 2.24) is 5.32 Å². The summed E-state index contributed by atoms with van der Waals surface area (Å²) in [5.41, 5.74) is 1.82. The highest BCUT2D eigenvalue weighted by Crippen LogP contribution is 2.26. The molecule has 0 bridgehead atoms. The molecule has 2 N–H and O–H groups in total. The lowest BCUT2D eigenvalue weighted by molar-refractivity contribution is 0.465. The summed E-state index contributed by atoms with van der Waals surface area (Å²) in [7, 11) is 0. The molecule has 0 aliphatic rings. The quantitative estimate of drug-likeness (QED) is 0.780. The van der Waals surface area contributed by atoms with Crippen LogP contribution in [0.4, 0.5) is 0 Å². The van der Waals surface area contributed by atoms with Crippen LogP contribution in [0.5, 0.6) is 5.75 Å². The lowest BCUT2D eigenvalue weighted by Gasteiger charge is -2.09. The number of para-hydroxylation sites is 1. The van der Waals surface area contributed by atoms with Gasteiger partial charge in [0.05, 0.1) is 5.02 Å². The zero-order valence-corrected chi connectivity index (χ0v) is 12.9. The number of rotatable bonds is 5. The maximum absolute atomic E-state index is 9.78. The first-order chi connectivity index (χ1) is 9.58. The van der Waals surface area contributed by atoms with Gasteiger partial charge >= 0.3 is 0 Å². The van der Waals surface area contributed by atoms with Crippen molar-refractivity contribution in [3.05, 3.63) is 62.6 Å². The number of phenols is 1. The molecule has 2 aromatic rings. The zero-order valence-electron chi connectivity index (χ0n) is 10.7. The van der Waals surface area contributed by atoms with E-state index in [1.165, 1.54) is 0 Å². The fourth-order valence-electron chi connectivity index (χ4n) is 1.87. The second-order valence-corrected chi connectivity index (χ2v) is 5.66. The molecule has 2 rings (SSSR count). The molecule has 0 spiro atoms. The third-order valence-electron chi connectivity index (χ3n) is 2.97. The van der Waals surface area contributed by atoms with Gasteiger partial charge < -0.3 is 10.4 Å². The first-order valence-electron chi connectivity index (χ1n) is 6.19. The van der Waals surface area contributed by atoms with Gasteiger partial charge in [0.15, 0.2) is 0 Å². The molecule has 0 saturated heterocycles. The molecule has 0 aliphatic carbocycles. The van der Waals surface area contributed by atoms with Crippen molar-refractivity contribution in [2.75, 3.05) is 6.54 Å². The molecule has 0 atom stereocenters. The van der Waals surface area contributed by atoms with Gasteiger partial charge in [0, 0.05) is 22.2 Å². The Balaban J connectivity index is 1.86. The van der Waals surface area contributed by atoms with Crippen LogP contribution in [-0.2, 0) is 13.0 Å². The molecule has 106 valence electrons. The topological polar surface area (TPSA) is 32.3 Å². The molecule has 0 saturated carbocycles. The first kappa shape index (κ1) is 15.5. The number of hydrogen-bond acceptors (Lipinski definition) is 2. The fourth-order valence-corrected chi connectivity index (χ4v) is 2.57. The summed E-state index contributed by atoms with van der Waals surface area (Å²) in [6, 6.07) is 10.8. The Morgan fingerprint density at radius 2 is 1.75 bits per heavy atom. The van der Waals surface area contributed by atoms with Crippen LogP contribution in [0.25, 0.3) is 0 Å². The summed E-state index contributed by atoms with van der Waals surface area (Å²) in [6.45, 7) is 1.30. The predicted molar refractivity (Wildman–Crippen MR) is 85.0 cm³/mol. The first-order valence-corrected chi connectivity index (χ1v) is 7.32. The second kappa shape index (κ2) is 7.19. The molecule has 0 aromatic heterocycles. The van der Waals surface area contributed by atoms with E-state index in [0.717, 1.165) is 24.1 Å². The highest BCUT2D eigenvalue weighted by atomic mass is 35.5. The molecular weight excluding hydrogens is 317 g/mol. The van der Waals surface area contributed by atoms with Gasteiger partial charge in [-0.1, -0.05) is 53.0 Å². The normalized spacial score (nSPS) is 10.8. The maximum atomic E-state index is 9.78. The largest absolute Gasteiger partial charge is 0.506 e. The number of hydrogen-bond donors (Lipinski definition) is 2. The molecule has 0 heterocycles. The highest BCUT2D eigenvalue weighted by Gasteiger charge is 2.05. The summed E-state index contributed by atoms with van der Waals surface area (Å²) in [5, 5.41) is 14.7. The molecule has 2 nitrogen and oxygen atoms in total. The average Bonchev–Trinajstić information content (AvgIpc) is 2.41. The summed E-state index contributed by atoms with van der Waals surface area (Å²) in [5.74, 6) is 0.131. The minimum absolute atomic E-state index is 0.131. The van der Waals surface area contributed by atoms with E-state index in [9.17, 15) is 5.11 Å². The van der Waals surface area contributed by atoms with Crippen molar-refractivity contribution in [2.45, 2.75) is 13.0 Å². The number of phenolic OH excluding ortho intramolecular Hbond substituents is 1. The zero-order chi connectivity index (χ0) is 14.5. The van der Waals surface area contributed by atoms with Crippen LogP contribution in [-0.4, -0.2) is 11.7 Å². The smallest absolute Gasteiger partial charge is 0.138 e. The second-order valence-electron chi connectivity index (χ2n) is 4.41. The van der Waals surface area contributed by atoms with E-state index in [-0.39, 0.29) is 5.75 Å². The monoisotopic (exact) mass is 329 g/mol. The van der Waals surface area contributed by atoms with Crippen molar-refractivity contribution in [1.29, 1.82) is 0 Å². The lowest BCUT2D eigenvalue weighted by Crippen LogP contribution is -2.16. The molecular formula is C15H14Cl3NO. The van der Waals surface area contributed by atoms with Crippen molar-refractivity contribution >= 4 is 34.8 Å². The summed E-state index contributed by atoms with van der Waals surface area (Å²) >= 11 is 17.8. The van der Waals surface area contributed by atoms with Gasteiger partial charge in [0.25, 0.3) is 0 Å². The Kier molecular flexibility index (Phi) is 5.55. The Labute approximate surface area is 133 Å². The molecule has 2 aromatic carbocycles. The fraction of sp³-hybridized carbons (Fsp3) is 0.200. The number of halogens is 3. The van der Waals surface area contributed by atoms with Crippen LogP contribution in [0.2, 0.25) is 15.1 Å². The van der Waals surface area contributed by atoms with E-state index in [0.29, 0.717) is 21.6 Å². The molecule has 0 fully saturated rings. The third kappa shape index (κ3) is 4.03. The van der Waals surface area contributed by atoms with Gasteiger partial charge in [-0.2, -0.15) is 0 Å². The Morgan fingerprint density at radius 1 is 0.950 bits per heavy atom. The molecule has 0 aliphatic heterocycles. The molecule has 5 heteroatoms. The van der Waals surface area contributed by atoms with Crippen LogP contribution in [0.1, 0.15) is 11.1 Å². The van der Waals surface area contributed by atoms with Gasteiger partial charge in [0.2, 0.25) is 0 Å². The van der Waals surface area contributed by atoms with E-state index < -0.39 is 0 Å². The van der Waals surface area contributed by atoms with Gasteiger partial charge in [-0.25, -0.2) is 0 Å². The minimum atomic E-state index is 0.131. The van der Waals surface area contributed by atoms with Crippen LogP contribution in [0.15, 0.2) is 36.4 Å². The van der Waals surface area contributed by atoms with Crippen molar-refractivity contribution < 1.29 is 5.11 Å². The van der Waals surface area contributed by atoms with E-state index in [2.05, 4.69) is 5.32 Å². The summed E-state index contributed by atoms with van der Waals surface area (Å²) in [4.78, 5) is 0. The van der Waals surface area contributed by atoms with Gasteiger partial charge in [0.1, 0.15) is 5.75 Å². The summed E-state index contributed by atoms with van der Waals surface area (Å²) in [6.07, 6.45) is 0.789. The maximum Gasteiger partial charge on any atom is 0.138 e. The van der Waals surface area contributed by atoms with Gasteiger partial charge in [-0.15, -0.1) is 0 Å².